The van der Waals surface area contributed by atoms with Gasteiger partial charge in [0.25, 0.3) is 0 Å². The lowest BCUT2D eigenvalue weighted by atomic mass is 10.0. The van der Waals surface area contributed by atoms with E-state index in [2.05, 4.69) is 4.90 Å². The molecule has 0 spiro atoms. The Bertz CT molecular complexity index is 583. The van der Waals surface area contributed by atoms with Crippen molar-refractivity contribution < 1.29 is 18.7 Å². The summed E-state index contributed by atoms with van der Waals surface area (Å²) < 4.78 is 18.8. The number of piperidine rings is 1. The molecule has 1 aliphatic heterocycles. The van der Waals surface area contributed by atoms with Crippen molar-refractivity contribution in [1.29, 1.82) is 0 Å². The predicted octanol–water partition coefficient (Wildman–Crippen LogP) is 2.02. The third-order valence-electron chi connectivity index (χ3n) is 4.38. The molecule has 1 aromatic rings. The summed E-state index contributed by atoms with van der Waals surface area (Å²) in [6.07, 6.45) is 1.28. The van der Waals surface area contributed by atoms with Crippen LogP contribution in [0.1, 0.15) is 31.2 Å². The van der Waals surface area contributed by atoms with Gasteiger partial charge in [0.2, 0.25) is 5.91 Å². The maximum absolute atomic E-state index is 13.3. The number of likely N-dealkylation sites (tertiary alicyclic amines) is 1. The van der Waals surface area contributed by atoms with Crippen LogP contribution in [0.5, 0.6) is 0 Å². The van der Waals surface area contributed by atoms with Crippen molar-refractivity contribution in [1.82, 2.24) is 9.80 Å². The number of carbonyl (C=O) groups excluding carboxylic acids is 2. The SMILES string of the molecule is C[C@@H](C(=O)OC1CCN(CC(=O)N(C)C)CC1)c1cccc(F)c1. The van der Waals surface area contributed by atoms with Gasteiger partial charge in [0.15, 0.2) is 0 Å². The summed E-state index contributed by atoms with van der Waals surface area (Å²) in [7, 11) is 3.48. The highest BCUT2D eigenvalue weighted by Crippen LogP contribution is 2.21. The molecule has 0 aromatic heterocycles. The van der Waals surface area contributed by atoms with Gasteiger partial charge in [-0.15, -0.1) is 0 Å². The van der Waals surface area contributed by atoms with Gasteiger partial charge in [0.1, 0.15) is 11.9 Å². The Morgan fingerprint density at radius 2 is 2.00 bits per heavy atom. The first kappa shape index (κ1) is 18.4. The standard InChI is InChI=1S/C18H25FN2O3/c1-13(14-5-4-6-15(19)11-14)18(23)24-16-7-9-21(10-8-16)12-17(22)20(2)3/h4-6,11,13,16H,7-10,12H2,1-3H3/t13-/m1/s1. The van der Waals surface area contributed by atoms with Gasteiger partial charge in [-0.25, -0.2) is 4.39 Å². The fourth-order valence-electron chi connectivity index (χ4n) is 2.70. The third kappa shape index (κ3) is 5.03. The second-order valence-corrected chi connectivity index (χ2v) is 6.48. The summed E-state index contributed by atoms with van der Waals surface area (Å²) in [4.78, 5) is 27.6. The van der Waals surface area contributed by atoms with Crippen molar-refractivity contribution in [2.45, 2.75) is 31.8 Å². The van der Waals surface area contributed by atoms with Gasteiger partial charge >= 0.3 is 5.97 Å². The normalized spacial score (nSPS) is 17.3. The molecule has 1 heterocycles. The minimum absolute atomic E-state index is 0.0742. The van der Waals surface area contributed by atoms with Crippen molar-refractivity contribution >= 4 is 11.9 Å². The molecule has 5 nitrogen and oxygen atoms in total. The molecule has 0 unspecified atom stereocenters. The number of hydrogen-bond donors (Lipinski definition) is 0. The van der Waals surface area contributed by atoms with Crippen LogP contribution in [0.3, 0.4) is 0 Å². The molecular formula is C18H25FN2O3. The van der Waals surface area contributed by atoms with Crippen LogP contribution < -0.4 is 0 Å². The number of likely N-dealkylation sites (N-methyl/N-ethyl adjacent to an activating group) is 1. The van der Waals surface area contributed by atoms with E-state index >= 15 is 0 Å². The van der Waals surface area contributed by atoms with E-state index in [-0.39, 0.29) is 23.8 Å². The number of nitrogens with zero attached hydrogens (tertiary/aromatic N) is 2. The van der Waals surface area contributed by atoms with E-state index in [9.17, 15) is 14.0 Å². The van der Waals surface area contributed by atoms with Crippen molar-refractivity contribution in [3.05, 3.63) is 35.6 Å². The van der Waals surface area contributed by atoms with Crippen molar-refractivity contribution in [3.8, 4) is 0 Å². The Morgan fingerprint density at radius 3 is 2.58 bits per heavy atom. The minimum Gasteiger partial charge on any atom is -0.462 e. The molecule has 1 saturated heterocycles. The minimum atomic E-state index is -0.492. The second kappa shape index (κ2) is 8.24. The van der Waals surface area contributed by atoms with E-state index in [1.165, 1.54) is 12.1 Å². The van der Waals surface area contributed by atoms with Crippen molar-refractivity contribution in [2.75, 3.05) is 33.7 Å². The van der Waals surface area contributed by atoms with Crippen LogP contribution in [0.15, 0.2) is 24.3 Å². The monoisotopic (exact) mass is 336 g/mol. The smallest absolute Gasteiger partial charge is 0.313 e. The molecule has 1 aliphatic rings. The van der Waals surface area contributed by atoms with Crippen molar-refractivity contribution in [3.63, 3.8) is 0 Å². The Morgan fingerprint density at radius 1 is 1.33 bits per heavy atom. The Labute approximate surface area is 142 Å². The van der Waals surface area contributed by atoms with E-state index in [0.29, 0.717) is 24.9 Å². The zero-order valence-corrected chi connectivity index (χ0v) is 14.5. The first-order valence-electron chi connectivity index (χ1n) is 8.25. The van der Waals surface area contributed by atoms with Crippen LogP contribution in [-0.2, 0) is 14.3 Å². The fraction of sp³-hybridized carbons (Fsp3) is 0.556. The van der Waals surface area contributed by atoms with E-state index in [4.69, 9.17) is 4.74 Å². The number of halogens is 1. The molecule has 0 saturated carbocycles. The quantitative estimate of drug-likeness (QED) is 0.772. The average molecular weight is 336 g/mol. The molecule has 0 bridgehead atoms. The average Bonchev–Trinajstić information content (AvgIpc) is 2.55. The molecule has 24 heavy (non-hydrogen) atoms. The molecule has 0 aliphatic carbocycles. The fourth-order valence-corrected chi connectivity index (χ4v) is 2.70. The lowest BCUT2D eigenvalue weighted by Crippen LogP contribution is -2.43. The number of ether oxygens (including phenoxy) is 1. The van der Waals surface area contributed by atoms with Crippen molar-refractivity contribution in [2.24, 2.45) is 0 Å². The second-order valence-electron chi connectivity index (χ2n) is 6.48. The highest BCUT2D eigenvalue weighted by atomic mass is 19.1. The maximum atomic E-state index is 13.3. The molecule has 1 atom stereocenters. The summed E-state index contributed by atoms with van der Waals surface area (Å²) in [5, 5.41) is 0. The molecule has 0 N–H and O–H groups in total. The first-order chi connectivity index (χ1) is 11.4. The van der Waals surface area contributed by atoms with E-state index in [1.54, 1.807) is 38.1 Å². The largest absolute Gasteiger partial charge is 0.462 e. The molecular weight excluding hydrogens is 311 g/mol. The number of amides is 1. The lowest BCUT2D eigenvalue weighted by Gasteiger charge is -2.32. The van der Waals surface area contributed by atoms with Gasteiger partial charge in [0.05, 0.1) is 12.5 Å². The van der Waals surface area contributed by atoms with Crippen LogP contribution in [0.2, 0.25) is 0 Å². The maximum Gasteiger partial charge on any atom is 0.313 e. The first-order valence-corrected chi connectivity index (χ1v) is 8.25. The molecule has 1 amide bonds. The van der Waals surface area contributed by atoms with Gasteiger partial charge in [-0.3, -0.25) is 14.5 Å². The lowest BCUT2D eigenvalue weighted by molar-refractivity contribution is -0.153. The van der Waals surface area contributed by atoms with Crippen LogP contribution in [0.4, 0.5) is 4.39 Å². The topological polar surface area (TPSA) is 49.9 Å². The van der Waals surface area contributed by atoms with Crippen LogP contribution in [-0.4, -0.2) is 61.5 Å². The Balaban J connectivity index is 1.81. The summed E-state index contributed by atoms with van der Waals surface area (Å²) in [6.45, 7) is 3.58. The summed E-state index contributed by atoms with van der Waals surface area (Å²) in [6, 6.07) is 6.03. The van der Waals surface area contributed by atoms with E-state index in [0.717, 1.165) is 13.1 Å². The number of rotatable bonds is 5. The molecule has 2 rings (SSSR count). The number of benzene rings is 1. The predicted molar refractivity (Wildman–Crippen MR) is 89.1 cm³/mol. The van der Waals surface area contributed by atoms with Crippen LogP contribution in [0.25, 0.3) is 0 Å². The van der Waals surface area contributed by atoms with Crippen LogP contribution in [0, 0.1) is 5.82 Å². The zero-order valence-electron chi connectivity index (χ0n) is 14.5. The summed E-state index contributed by atoms with van der Waals surface area (Å²) in [5.41, 5.74) is 0.619. The number of hydrogen-bond acceptors (Lipinski definition) is 4. The van der Waals surface area contributed by atoms with Gasteiger partial charge in [0, 0.05) is 27.2 Å². The number of carbonyl (C=O) groups is 2. The molecule has 1 aromatic carbocycles. The molecule has 132 valence electrons. The van der Waals surface area contributed by atoms with E-state index in [1.807, 2.05) is 0 Å². The molecule has 1 fully saturated rings. The Kier molecular flexibility index (Phi) is 6.31. The summed E-state index contributed by atoms with van der Waals surface area (Å²) >= 11 is 0. The number of esters is 1. The van der Waals surface area contributed by atoms with Gasteiger partial charge in [-0.05, 0) is 37.5 Å². The van der Waals surface area contributed by atoms with Gasteiger partial charge in [-0.1, -0.05) is 12.1 Å². The third-order valence-corrected chi connectivity index (χ3v) is 4.38. The van der Waals surface area contributed by atoms with E-state index < -0.39 is 5.92 Å². The van der Waals surface area contributed by atoms with Crippen LogP contribution >= 0.6 is 0 Å². The van der Waals surface area contributed by atoms with Gasteiger partial charge < -0.3 is 9.64 Å². The highest BCUT2D eigenvalue weighted by molar-refractivity contribution is 5.78. The van der Waals surface area contributed by atoms with Gasteiger partial charge in [-0.2, -0.15) is 0 Å². The molecule has 6 heteroatoms. The Hall–Kier alpha value is -1.95. The summed E-state index contributed by atoms with van der Waals surface area (Å²) in [5.74, 6) is -1.10. The highest BCUT2D eigenvalue weighted by Gasteiger charge is 2.26. The zero-order chi connectivity index (χ0) is 17.7. The molecule has 0 radical (unpaired) electrons.